The van der Waals surface area contributed by atoms with Crippen LogP contribution in [-0.4, -0.2) is 48.8 Å². The third-order valence-electron chi connectivity index (χ3n) is 4.49. The number of carbonyl (C=O) groups is 3. The lowest BCUT2D eigenvalue weighted by atomic mass is 10.1. The Bertz CT molecular complexity index is 600. The number of benzene rings is 1. The molecule has 2 rings (SSSR count). The lowest BCUT2D eigenvalue weighted by molar-refractivity contribution is -0.130. The molecule has 1 atom stereocenters. The van der Waals surface area contributed by atoms with E-state index < -0.39 is 11.9 Å². The van der Waals surface area contributed by atoms with E-state index >= 15 is 0 Å². The monoisotopic (exact) mass is 346 g/mol. The van der Waals surface area contributed by atoms with Crippen molar-refractivity contribution in [2.75, 3.05) is 20.1 Å². The Kier molecular flexibility index (Phi) is 6.94. The number of nitrogens with two attached hydrogens (primary N) is 1. The zero-order valence-corrected chi connectivity index (χ0v) is 14.5. The summed E-state index contributed by atoms with van der Waals surface area (Å²) in [4.78, 5) is 37.8. The Labute approximate surface area is 147 Å². The molecule has 0 radical (unpaired) electrons. The molecular formula is C18H26N4O3. The number of primary amides is 1. The van der Waals surface area contributed by atoms with Crippen molar-refractivity contribution in [3.05, 3.63) is 35.9 Å². The van der Waals surface area contributed by atoms with Gasteiger partial charge in [0, 0.05) is 13.1 Å². The van der Waals surface area contributed by atoms with Gasteiger partial charge in [0.15, 0.2) is 0 Å². The first-order valence-corrected chi connectivity index (χ1v) is 8.59. The van der Waals surface area contributed by atoms with Gasteiger partial charge < -0.3 is 16.4 Å². The van der Waals surface area contributed by atoms with E-state index in [-0.39, 0.29) is 30.9 Å². The summed E-state index contributed by atoms with van der Waals surface area (Å²) in [5.41, 5.74) is 6.03. The normalized spacial score (nSPS) is 15.8. The van der Waals surface area contributed by atoms with Crippen molar-refractivity contribution in [1.29, 1.82) is 0 Å². The average molecular weight is 346 g/mol. The smallest absolute Gasteiger partial charge is 0.246 e. The van der Waals surface area contributed by atoms with Gasteiger partial charge in [0.1, 0.15) is 6.04 Å². The molecule has 7 heteroatoms. The van der Waals surface area contributed by atoms with Crippen LogP contribution in [0.2, 0.25) is 0 Å². The highest BCUT2D eigenvalue weighted by Crippen LogP contribution is 2.23. The van der Waals surface area contributed by atoms with Crippen molar-refractivity contribution in [3.63, 3.8) is 0 Å². The van der Waals surface area contributed by atoms with Gasteiger partial charge in [-0.15, -0.1) is 0 Å². The third-order valence-corrected chi connectivity index (χ3v) is 4.49. The van der Waals surface area contributed by atoms with Crippen molar-refractivity contribution in [1.82, 2.24) is 15.5 Å². The summed E-state index contributed by atoms with van der Waals surface area (Å²) in [6, 6.07) is 8.48. The third kappa shape index (κ3) is 5.56. The molecule has 1 fully saturated rings. The second-order valence-corrected chi connectivity index (χ2v) is 6.34. The van der Waals surface area contributed by atoms with E-state index in [1.54, 1.807) is 12.1 Å². The van der Waals surface area contributed by atoms with E-state index in [1.165, 1.54) is 7.05 Å². The first kappa shape index (κ1) is 18.9. The molecule has 1 saturated carbocycles. The summed E-state index contributed by atoms with van der Waals surface area (Å²) in [5, 5.41) is 5.33. The molecular weight excluding hydrogens is 320 g/mol. The van der Waals surface area contributed by atoms with Crippen LogP contribution in [0.25, 0.3) is 0 Å². The topological polar surface area (TPSA) is 105 Å². The molecule has 3 amide bonds. The van der Waals surface area contributed by atoms with Crippen molar-refractivity contribution >= 4 is 17.7 Å². The Hall–Kier alpha value is -2.41. The molecule has 4 N–H and O–H groups in total. The number of rotatable bonds is 8. The molecule has 0 aliphatic heterocycles. The fourth-order valence-electron chi connectivity index (χ4n) is 3.26. The number of nitrogens with one attached hydrogen (secondary N) is 2. The fourth-order valence-corrected chi connectivity index (χ4v) is 3.26. The maximum absolute atomic E-state index is 12.5. The predicted molar refractivity (Wildman–Crippen MR) is 94.4 cm³/mol. The van der Waals surface area contributed by atoms with Crippen molar-refractivity contribution in [2.45, 2.75) is 37.8 Å². The average Bonchev–Trinajstić information content (AvgIpc) is 3.13. The van der Waals surface area contributed by atoms with Gasteiger partial charge in [-0.25, -0.2) is 0 Å². The Morgan fingerprint density at radius 1 is 1.16 bits per heavy atom. The molecule has 0 bridgehead atoms. The van der Waals surface area contributed by atoms with Crippen LogP contribution in [0.4, 0.5) is 0 Å². The number of likely N-dealkylation sites (N-methyl/N-ethyl adjacent to an activating group) is 1. The molecule has 1 aromatic carbocycles. The van der Waals surface area contributed by atoms with Gasteiger partial charge in [-0.2, -0.15) is 0 Å². The standard InChI is InChI=1S/C18H26N4O3/c1-20-18(25)17(13-7-3-2-4-8-13)21-16(24)12-22(11-15(19)23)14-9-5-6-10-14/h2-4,7-8,14,17H,5-6,9-12H2,1H3,(H2,19,23)(H,20,25)(H,21,24)/t17-/m0/s1. The van der Waals surface area contributed by atoms with Gasteiger partial charge in [0.25, 0.3) is 0 Å². The first-order valence-electron chi connectivity index (χ1n) is 8.59. The molecule has 0 aromatic heterocycles. The largest absolute Gasteiger partial charge is 0.369 e. The van der Waals surface area contributed by atoms with E-state index in [1.807, 2.05) is 23.1 Å². The van der Waals surface area contributed by atoms with Crippen molar-refractivity contribution in [2.24, 2.45) is 5.73 Å². The molecule has 1 aliphatic rings. The molecule has 7 nitrogen and oxygen atoms in total. The second-order valence-electron chi connectivity index (χ2n) is 6.34. The predicted octanol–water partition coefficient (Wildman–Crippen LogP) is 0.320. The maximum atomic E-state index is 12.5. The van der Waals surface area contributed by atoms with Gasteiger partial charge in [0.2, 0.25) is 17.7 Å². The van der Waals surface area contributed by atoms with Gasteiger partial charge in [-0.05, 0) is 18.4 Å². The Morgan fingerprint density at radius 3 is 2.36 bits per heavy atom. The number of amides is 3. The summed E-state index contributed by atoms with van der Waals surface area (Å²) < 4.78 is 0. The Balaban J connectivity index is 2.05. The first-order chi connectivity index (χ1) is 12.0. The van der Waals surface area contributed by atoms with E-state index in [9.17, 15) is 14.4 Å². The van der Waals surface area contributed by atoms with Crippen LogP contribution in [0.1, 0.15) is 37.3 Å². The van der Waals surface area contributed by atoms with E-state index in [0.29, 0.717) is 5.56 Å². The maximum Gasteiger partial charge on any atom is 0.246 e. The molecule has 1 aromatic rings. The molecule has 1 aliphatic carbocycles. The molecule has 136 valence electrons. The van der Waals surface area contributed by atoms with Crippen LogP contribution >= 0.6 is 0 Å². The molecule has 0 unspecified atom stereocenters. The fraction of sp³-hybridized carbons (Fsp3) is 0.500. The van der Waals surface area contributed by atoms with Gasteiger partial charge in [0.05, 0.1) is 13.1 Å². The van der Waals surface area contributed by atoms with Gasteiger partial charge in [-0.3, -0.25) is 19.3 Å². The Morgan fingerprint density at radius 2 is 1.80 bits per heavy atom. The number of carbonyl (C=O) groups excluding carboxylic acids is 3. The van der Waals surface area contributed by atoms with Crippen molar-refractivity contribution < 1.29 is 14.4 Å². The van der Waals surface area contributed by atoms with E-state index in [0.717, 1.165) is 25.7 Å². The molecule has 25 heavy (non-hydrogen) atoms. The zero-order valence-electron chi connectivity index (χ0n) is 14.5. The summed E-state index contributed by atoms with van der Waals surface area (Å²) >= 11 is 0. The number of hydrogen-bond donors (Lipinski definition) is 3. The second kappa shape index (κ2) is 9.17. The lowest BCUT2D eigenvalue weighted by Crippen LogP contribution is -2.48. The molecule has 0 spiro atoms. The summed E-state index contributed by atoms with van der Waals surface area (Å²) in [5.74, 6) is -1.04. The summed E-state index contributed by atoms with van der Waals surface area (Å²) in [6.07, 6.45) is 4.09. The van der Waals surface area contributed by atoms with Crippen molar-refractivity contribution in [3.8, 4) is 0 Å². The van der Waals surface area contributed by atoms with Crippen LogP contribution in [0.5, 0.6) is 0 Å². The van der Waals surface area contributed by atoms with Gasteiger partial charge >= 0.3 is 0 Å². The quantitative estimate of drug-likeness (QED) is 0.630. The van der Waals surface area contributed by atoms with Crippen LogP contribution in [-0.2, 0) is 14.4 Å². The van der Waals surface area contributed by atoms with E-state index in [4.69, 9.17) is 5.73 Å². The van der Waals surface area contributed by atoms with Crippen LogP contribution in [0.15, 0.2) is 30.3 Å². The van der Waals surface area contributed by atoms with Crippen LogP contribution in [0, 0.1) is 0 Å². The summed E-state index contributed by atoms with van der Waals surface area (Å²) in [7, 11) is 1.53. The van der Waals surface area contributed by atoms with E-state index in [2.05, 4.69) is 10.6 Å². The van der Waals surface area contributed by atoms with Crippen LogP contribution in [0.3, 0.4) is 0 Å². The SMILES string of the molecule is CNC(=O)[C@@H](NC(=O)CN(CC(N)=O)C1CCCC1)c1ccccc1. The number of nitrogens with zero attached hydrogens (tertiary/aromatic N) is 1. The minimum absolute atomic E-state index is 0.0495. The highest BCUT2D eigenvalue weighted by Gasteiger charge is 2.27. The van der Waals surface area contributed by atoms with Gasteiger partial charge in [-0.1, -0.05) is 43.2 Å². The highest BCUT2D eigenvalue weighted by molar-refractivity contribution is 5.89. The zero-order chi connectivity index (χ0) is 18.2. The molecule has 0 heterocycles. The van der Waals surface area contributed by atoms with Crippen LogP contribution < -0.4 is 16.4 Å². The summed E-state index contributed by atoms with van der Waals surface area (Å²) in [6.45, 7) is 0.0992. The lowest BCUT2D eigenvalue weighted by Gasteiger charge is -2.27. The number of hydrogen-bond acceptors (Lipinski definition) is 4. The minimum Gasteiger partial charge on any atom is -0.369 e. The molecule has 0 saturated heterocycles. The highest BCUT2D eigenvalue weighted by atomic mass is 16.2. The minimum atomic E-state index is -0.766.